The summed E-state index contributed by atoms with van der Waals surface area (Å²) in [7, 11) is 2.06. The summed E-state index contributed by atoms with van der Waals surface area (Å²) >= 11 is 0. The second-order valence-corrected chi connectivity index (χ2v) is 5.64. The highest BCUT2D eigenvalue weighted by Gasteiger charge is 2.02. The van der Waals surface area contributed by atoms with Crippen LogP contribution in [0.5, 0.6) is 0 Å². The zero-order chi connectivity index (χ0) is 15.1. The van der Waals surface area contributed by atoms with Gasteiger partial charge in [0.05, 0.1) is 6.67 Å². The molecule has 0 aliphatic heterocycles. The SMILES string of the molecule is CCCCC(=O)NCN(C)CCCCCCCCCO. The van der Waals surface area contributed by atoms with Crippen molar-refractivity contribution in [2.45, 2.75) is 71.1 Å². The fourth-order valence-electron chi connectivity index (χ4n) is 2.11. The molecule has 0 unspecified atom stereocenters. The lowest BCUT2D eigenvalue weighted by molar-refractivity contribution is -0.121. The number of hydrogen-bond donors (Lipinski definition) is 2. The van der Waals surface area contributed by atoms with Gasteiger partial charge in [0, 0.05) is 13.0 Å². The van der Waals surface area contributed by atoms with E-state index in [2.05, 4.69) is 24.2 Å². The molecule has 2 N–H and O–H groups in total. The molecule has 20 heavy (non-hydrogen) atoms. The van der Waals surface area contributed by atoms with Crippen molar-refractivity contribution in [3.8, 4) is 0 Å². The first-order chi connectivity index (χ1) is 9.70. The van der Waals surface area contributed by atoms with E-state index in [9.17, 15) is 4.79 Å². The highest BCUT2D eigenvalue weighted by atomic mass is 16.2. The van der Waals surface area contributed by atoms with Crippen LogP contribution < -0.4 is 5.32 Å². The summed E-state index contributed by atoms with van der Waals surface area (Å²) in [6, 6.07) is 0. The van der Waals surface area contributed by atoms with Crippen LogP contribution >= 0.6 is 0 Å². The molecular weight excluding hydrogens is 252 g/mol. The van der Waals surface area contributed by atoms with Crippen LogP contribution in [-0.4, -0.2) is 42.8 Å². The van der Waals surface area contributed by atoms with Crippen LogP contribution in [0.3, 0.4) is 0 Å². The van der Waals surface area contributed by atoms with Gasteiger partial charge in [0.1, 0.15) is 0 Å². The third-order valence-corrected chi connectivity index (χ3v) is 3.50. The molecule has 0 heterocycles. The quantitative estimate of drug-likeness (QED) is 0.381. The first-order valence-electron chi connectivity index (χ1n) is 8.26. The van der Waals surface area contributed by atoms with Gasteiger partial charge in [0.15, 0.2) is 0 Å². The largest absolute Gasteiger partial charge is 0.396 e. The van der Waals surface area contributed by atoms with E-state index in [4.69, 9.17) is 5.11 Å². The lowest BCUT2D eigenvalue weighted by atomic mass is 10.1. The van der Waals surface area contributed by atoms with Crippen molar-refractivity contribution in [1.29, 1.82) is 0 Å². The molecule has 0 aliphatic carbocycles. The summed E-state index contributed by atoms with van der Waals surface area (Å²) < 4.78 is 0. The molecule has 0 saturated carbocycles. The van der Waals surface area contributed by atoms with Crippen molar-refractivity contribution >= 4 is 5.91 Å². The molecule has 0 aromatic rings. The molecule has 4 heteroatoms. The molecule has 0 aliphatic rings. The standard InChI is InChI=1S/C16H34N2O2/c1-3-4-12-16(20)17-15-18(2)13-10-8-6-5-7-9-11-14-19/h19H,3-15H2,1-2H3,(H,17,20). The number of rotatable bonds is 14. The molecule has 0 aromatic carbocycles. The van der Waals surface area contributed by atoms with Gasteiger partial charge in [0.2, 0.25) is 5.91 Å². The molecule has 0 atom stereocenters. The predicted molar refractivity (Wildman–Crippen MR) is 84.6 cm³/mol. The molecule has 1 amide bonds. The van der Waals surface area contributed by atoms with E-state index >= 15 is 0 Å². The Labute approximate surface area is 124 Å². The van der Waals surface area contributed by atoms with E-state index in [1.165, 1.54) is 32.1 Å². The summed E-state index contributed by atoms with van der Waals surface area (Å²) in [6.07, 6.45) is 11.0. The molecule has 0 bridgehead atoms. The lowest BCUT2D eigenvalue weighted by Crippen LogP contribution is -2.35. The molecule has 4 nitrogen and oxygen atoms in total. The Morgan fingerprint density at radius 1 is 1.00 bits per heavy atom. The van der Waals surface area contributed by atoms with Gasteiger partial charge < -0.3 is 10.4 Å². The van der Waals surface area contributed by atoms with Gasteiger partial charge in [-0.15, -0.1) is 0 Å². The van der Waals surface area contributed by atoms with Crippen LogP contribution in [-0.2, 0) is 4.79 Å². The first kappa shape index (κ1) is 19.4. The smallest absolute Gasteiger partial charge is 0.220 e. The maximum atomic E-state index is 11.5. The van der Waals surface area contributed by atoms with Gasteiger partial charge in [-0.05, 0) is 32.9 Å². The van der Waals surface area contributed by atoms with E-state index in [0.717, 1.165) is 32.2 Å². The zero-order valence-electron chi connectivity index (χ0n) is 13.5. The highest BCUT2D eigenvalue weighted by Crippen LogP contribution is 2.07. The number of unbranched alkanes of at least 4 members (excludes halogenated alkanes) is 7. The third-order valence-electron chi connectivity index (χ3n) is 3.50. The summed E-state index contributed by atoms with van der Waals surface area (Å²) in [5.41, 5.74) is 0. The first-order valence-corrected chi connectivity index (χ1v) is 8.26. The van der Waals surface area contributed by atoms with Gasteiger partial charge in [-0.3, -0.25) is 9.69 Å². The summed E-state index contributed by atoms with van der Waals surface area (Å²) in [5, 5.41) is 11.6. The van der Waals surface area contributed by atoms with Gasteiger partial charge >= 0.3 is 0 Å². The van der Waals surface area contributed by atoms with Crippen molar-refractivity contribution in [2.24, 2.45) is 0 Å². The van der Waals surface area contributed by atoms with Gasteiger partial charge in [-0.2, -0.15) is 0 Å². The van der Waals surface area contributed by atoms with E-state index in [1.807, 2.05) is 0 Å². The Bertz CT molecular complexity index is 223. The number of nitrogens with zero attached hydrogens (tertiary/aromatic N) is 1. The Hall–Kier alpha value is -0.610. The van der Waals surface area contributed by atoms with Crippen LogP contribution in [0.2, 0.25) is 0 Å². The van der Waals surface area contributed by atoms with E-state index in [0.29, 0.717) is 19.7 Å². The average Bonchev–Trinajstić information content (AvgIpc) is 2.45. The minimum Gasteiger partial charge on any atom is -0.396 e. The van der Waals surface area contributed by atoms with Crippen LogP contribution in [0, 0.1) is 0 Å². The van der Waals surface area contributed by atoms with Crippen molar-refractivity contribution in [2.75, 3.05) is 26.9 Å². The fraction of sp³-hybridized carbons (Fsp3) is 0.938. The van der Waals surface area contributed by atoms with Crippen molar-refractivity contribution in [3.05, 3.63) is 0 Å². The van der Waals surface area contributed by atoms with Gasteiger partial charge in [-0.25, -0.2) is 0 Å². The molecular formula is C16H34N2O2. The molecule has 0 spiro atoms. The predicted octanol–water partition coefficient (Wildman–Crippen LogP) is 2.91. The van der Waals surface area contributed by atoms with E-state index in [1.54, 1.807) is 0 Å². The van der Waals surface area contributed by atoms with Crippen molar-refractivity contribution in [1.82, 2.24) is 10.2 Å². The van der Waals surface area contributed by atoms with Crippen LogP contribution in [0.25, 0.3) is 0 Å². The molecule has 0 fully saturated rings. The number of carbonyl (C=O) groups excluding carboxylic acids is 1. The second kappa shape index (κ2) is 14.8. The normalized spacial score (nSPS) is 11.0. The molecule has 0 saturated heterocycles. The lowest BCUT2D eigenvalue weighted by Gasteiger charge is -2.17. The second-order valence-electron chi connectivity index (χ2n) is 5.64. The number of carbonyl (C=O) groups is 1. The van der Waals surface area contributed by atoms with E-state index < -0.39 is 0 Å². The number of hydrogen-bond acceptors (Lipinski definition) is 3. The maximum Gasteiger partial charge on any atom is 0.220 e. The third kappa shape index (κ3) is 13.8. The molecule has 0 radical (unpaired) electrons. The maximum absolute atomic E-state index is 11.5. The Morgan fingerprint density at radius 2 is 1.60 bits per heavy atom. The van der Waals surface area contributed by atoms with Crippen molar-refractivity contribution in [3.63, 3.8) is 0 Å². The summed E-state index contributed by atoms with van der Waals surface area (Å²) in [4.78, 5) is 13.6. The fourth-order valence-corrected chi connectivity index (χ4v) is 2.11. The monoisotopic (exact) mass is 286 g/mol. The number of aliphatic hydroxyl groups excluding tert-OH is 1. The minimum absolute atomic E-state index is 0.169. The van der Waals surface area contributed by atoms with E-state index in [-0.39, 0.29) is 5.91 Å². The van der Waals surface area contributed by atoms with Gasteiger partial charge in [0.25, 0.3) is 0 Å². The van der Waals surface area contributed by atoms with Crippen molar-refractivity contribution < 1.29 is 9.90 Å². The number of nitrogens with one attached hydrogen (secondary N) is 1. The Morgan fingerprint density at radius 3 is 2.20 bits per heavy atom. The average molecular weight is 286 g/mol. The molecule has 0 aromatic heterocycles. The number of amides is 1. The molecule has 120 valence electrons. The zero-order valence-corrected chi connectivity index (χ0v) is 13.5. The molecule has 0 rings (SSSR count). The van der Waals surface area contributed by atoms with Crippen LogP contribution in [0.1, 0.15) is 71.1 Å². The van der Waals surface area contributed by atoms with Gasteiger partial charge in [-0.1, -0.05) is 45.4 Å². The topological polar surface area (TPSA) is 52.6 Å². The Kier molecular flexibility index (Phi) is 14.3. The minimum atomic E-state index is 0.169. The summed E-state index contributed by atoms with van der Waals surface area (Å²) in [6.45, 7) is 4.14. The highest BCUT2D eigenvalue weighted by molar-refractivity contribution is 5.75. The Balaban J connectivity index is 3.27. The van der Waals surface area contributed by atoms with Crippen LogP contribution in [0.4, 0.5) is 0 Å². The summed E-state index contributed by atoms with van der Waals surface area (Å²) in [5.74, 6) is 0.169. The van der Waals surface area contributed by atoms with Crippen LogP contribution in [0.15, 0.2) is 0 Å². The number of aliphatic hydroxyl groups is 1.